The number of sulfonamides is 1. The number of carbonyl (C=O) groups is 1. The Morgan fingerprint density at radius 2 is 1.82 bits per heavy atom. The largest absolute Gasteiger partial charge is 0.481 e. The number of carboxylic acids is 1. The number of ether oxygens (including phenoxy) is 1. The van der Waals surface area contributed by atoms with Crippen LogP contribution >= 0.6 is 0 Å². The number of nitrogens with zero attached hydrogens (tertiary/aromatic N) is 5. The zero-order valence-electron chi connectivity index (χ0n) is 25.3. The number of aryl methyl sites for hydroxylation is 3. The SMILES string of the molecule is Cc1cnc2c(c1)S(=O)(=O)N(Cc1cc(C(c3ccn4c(C(F)(F)F)nnc4c3C)C(C)(C)C(=O)O)ccc1C)CC1(CC1)O2. The van der Waals surface area contributed by atoms with Crippen LogP contribution in [0, 0.1) is 26.2 Å². The number of carboxylic acid groups (broad SMARTS) is 1. The molecule has 4 heterocycles. The number of alkyl halides is 3. The van der Waals surface area contributed by atoms with Gasteiger partial charge in [0.25, 0.3) is 0 Å². The molecule has 238 valence electrons. The first-order valence-corrected chi connectivity index (χ1v) is 15.8. The summed E-state index contributed by atoms with van der Waals surface area (Å²) in [6.07, 6.45) is -0.593. The van der Waals surface area contributed by atoms with E-state index in [1.807, 2.05) is 6.92 Å². The fourth-order valence-corrected chi connectivity index (χ4v) is 7.70. The molecule has 1 saturated carbocycles. The van der Waals surface area contributed by atoms with Crippen molar-refractivity contribution < 1.29 is 36.2 Å². The van der Waals surface area contributed by atoms with Gasteiger partial charge in [0.05, 0.1) is 12.0 Å². The first-order valence-electron chi connectivity index (χ1n) is 14.3. The molecule has 0 bridgehead atoms. The molecule has 1 spiro atoms. The molecule has 1 fully saturated rings. The van der Waals surface area contributed by atoms with E-state index in [2.05, 4.69) is 15.2 Å². The van der Waals surface area contributed by atoms with Crippen molar-refractivity contribution in [3.8, 4) is 5.88 Å². The standard InChI is InChI=1S/C31H32F3N5O5S/c1-17-12-23-26(35-14-17)44-30(9-10-30)16-38(45(23,42)43)15-21-13-20(7-6-18(21)2)24(29(4,5)28(40)41)22-8-11-39-25(19(22)3)36-37-27(39)31(32,33)34/h6-8,11-14,24H,9-10,15-16H2,1-5H3,(H,40,41). The van der Waals surface area contributed by atoms with E-state index in [9.17, 15) is 31.5 Å². The molecule has 4 aromatic rings. The van der Waals surface area contributed by atoms with Crippen LogP contribution in [0.5, 0.6) is 5.88 Å². The molecule has 10 nitrogen and oxygen atoms in total. The number of rotatable bonds is 6. The van der Waals surface area contributed by atoms with E-state index < -0.39 is 44.9 Å². The minimum absolute atomic E-state index is 0.000399. The minimum atomic E-state index is -4.73. The van der Waals surface area contributed by atoms with Gasteiger partial charge in [0.2, 0.25) is 21.7 Å². The molecule has 2 aliphatic rings. The van der Waals surface area contributed by atoms with Gasteiger partial charge < -0.3 is 9.84 Å². The highest BCUT2D eigenvalue weighted by molar-refractivity contribution is 7.89. The molecule has 0 amide bonds. The van der Waals surface area contributed by atoms with Gasteiger partial charge in [-0.25, -0.2) is 13.4 Å². The van der Waals surface area contributed by atoms with Crippen LogP contribution in [-0.4, -0.2) is 55.5 Å². The number of aliphatic carboxylic acids is 1. The maximum atomic E-state index is 14.0. The van der Waals surface area contributed by atoms with Crippen molar-refractivity contribution >= 4 is 21.6 Å². The van der Waals surface area contributed by atoms with Gasteiger partial charge in [-0.2, -0.15) is 17.5 Å². The molecule has 0 radical (unpaired) electrons. The normalized spacial score (nSPS) is 18.3. The molecule has 0 saturated heterocycles. The van der Waals surface area contributed by atoms with Gasteiger partial charge in [-0.1, -0.05) is 18.2 Å². The lowest BCUT2D eigenvalue weighted by molar-refractivity contribution is -0.147. The van der Waals surface area contributed by atoms with E-state index in [0.717, 1.165) is 9.96 Å². The van der Waals surface area contributed by atoms with Gasteiger partial charge in [-0.15, -0.1) is 10.2 Å². The van der Waals surface area contributed by atoms with E-state index in [-0.39, 0.29) is 29.5 Å². The van der Waals surface area contributed by atoms with Gasteiger partial charge in [0.15, 0.2) is 5.65 Å². The highest BCUT2D eigenvalue weighted by atomic mass is 32.2. The quantitative estimate of drug-likeness (QED) is 0.295. The van der Waals surface area contributed by atoms with Crippen LogP contribution in [0.1, 0.15) is 71.8 Å². The molecule has 14 heteroatoms. The molecule has 6 rings (SSSR count). The number of halogens is 3. The highest BCUT2D eigenvalue weighted by Gasteiger charge is 2.52. The second-order valence-electron chi connectivity index (χ2n) is 12.6. The molecular formula is C31H32F3N5O5S. The Hall–Kier alpha value is -4.04. The highest BCUT2D eigenvalue weighted by Crippen LogP contribution is 2.47. The van der Waals surface area contributed by atoms with Crippen molar-refractivity contribution in [3.63, 3.8) is 0 Å². The van der Waals surface area contributed by atoms with Gasteiger partial charge >= 0.3 is 12.1 Å². The lowest BCUT2D eigenvalue weighted by Crippen LogP contribution is -2.38. The van der Waals surface area contributed by atoms with Crippen LogP contribution in [0.2, 0.25) is 0 Å². The minimum Gasteiger partial charge on any atom is -0.481 e. The summed E-state index contributed by atoms with van der Waals surface area (Å²) >= 11 is 0. The lowest BCUT2D eigenvalue weighted by atomic mass is 9.70. The van der Waals surface area contributed by atoms with Crippen molar-refractivity contribution in [2.24, 2.45) is 5.41 Å². The maximum absolute atomic E-state index is 14.0. The number of aromatic nitrogens is 4. The van der Waals surface area contributed by atoms with Gasteiger partial charge in [-0.3, -0.25) is 9.20 Å². The molecule has 1 N–H and O–H groups in total. The summed E-state index contributed by atoms with van der Waals surface area (Å²) < 4.78 is 77.0. The maximum Gasteiger partial charge on any atom is 0.452 e. The third-order valence-electron chi connectivity index (χ3n) is 8.92. The lowest BCUT2D eigenvalue weighted by Gasteiger charge is -2.33. The summed E-state index contributed by atoms with van der Waals surface area (Å²) in [5, 5.41) is 17.4. The van der Waals surface area contributed by atoms with E-state index >= 15 is 0 Å². The Balaban J connectivity index is 1.46. The first-order chi connectivity index (χ1) is 20.9. The van der Waals surface area contributed by atoms with Crippen molar-refractivity contribution in [3.05, 3.63) is 81.9 Å². The van der Waals surface area contributed by atoms with Crippen molar-refractivity contribution in [2.75, 3.05) is 6.54 Å². The molecule has 1 aliphatic heterocycles. The molecule has 1 unspecified atom stereocenters. The van der Waals surface area contributed by atoms with E-state index in [0.29, 0.717) is 40.7 Å². The van der Waals surface area contributed by atoms with Crippen molar-refractivity contribution in [1.29, 1.82) is 0 Å². The molecule has 1 aliphatic carbocycles. The summed E-state index contributed by atoms with van der Waals surface area (Å²) in [5.74, 6) is -3.05. The van der Waals surface area contributed by atoms with E-state index in [1.54, 1.807) is 58.2 Å². The van der Waals surface area contributed by atoms with Crippen LogP contribution in [0.3, 0.4) is 0 Å². The average Bonchev–Trinajstić information content (AvgIpc) is 3.56. The van der Waals surface area contributed by atoms with E-state index in [4.69, 9.17) is 4.74 Å². The molecule has 1 aromatic carbocycles. The number of fused-ring (bicyclic) bond motifs is 2. The Bertz CT molecular complexity index is 1970. The first kappa shape index (κ1) is 31.0. The van der Waals surface area contributed by atoms with Crippen LogP contribution in [0.15, 0.2) is 47.6 Å². The van der Waals surface area contributed by atoms with Crippen molar-refractivity contribution in [1.82, 2.24) is 23.9 Å². The fourth-order valence-electron chi connectivity index (χ4n) is 6.06. The third kappa shape index (κ3) is 5.23. The number of benzene rings is 1. The Morgan fingerprint density at radius 3 is 2.47 bits per heavy atom. The Kier molecular flexibility index (Phi) is 7.05. The number of hydrogen-bond donors (Lipinski definition) is 1. The fraction of sp³-hybridized carbons (Fsp3) is 0.419. The summed E-state index contributed by atoms with van der Waals surface area (Å²) in [6, 6.07) is 8.38. The Morgan fingerprint density at radius 1 is 1.11 bits per heavy atom. The monoisotopic (exact) mass is 643 g/mol. The molecule has 1 atom stereocenters. The summed E-state index contributed by atoms with van der Waals surface area (Å²) in [4.78, 5) is 16.9. The predicted molar refractivity (Wildman–Crippen MR) is 156 cm³/mol. The molecule has 3 aromatic heterocycles. The van der Waals surface area contributed by atoms with Gasteiger partial charge in [0.1, 0.15) is 10.5 Å². The summed E-state index contributed by atoms with van der Waals surface area (Å²) in [5.41, 5.74) is 1.37. The predicted octanol–water partition coefficient (Wildman–Crippen LogP) is 5.43. The van der Waals surface area contributed by atoms with Gasteiger partial charge in [-0.05, 0) is 93.0 Å². The van der Waals surface area contributed by atoms with Crippen LogP contribution in [0.4, 0.5) is 13.2 Å². The Labute approximate surface area is 257 Å². The zero-order valence-corrected chi connectivity index (χ0v) is 26.1. The number of pyridine rings is 2. The third-order valence-corrected chi connectivity index (χ3v) is 10.7. The molecular weight excluding hydrogens is 611 g/mol. The van der Waals surface area contributed by atoms with Crippen molar-refractivity contribution in [2.45, 2.75) is 76.6 Å². The summed E-state index contributed by atoms with van der Waals surface area (Å²) in [6.45, 7) is 8.41. The van der Waals surface area contributed by atoms with Crippen LogP contribution < -0.4 is 4.74 Å². The van der Waals surface area contributed by atoms with Crippen LogP contribution in [-0.2, 0) is 27.5 Å². The topological polar surface area (TPSA) is 127 Å². The second kappa shape index (κ2) is 10.2. The summed E-state index contributed by atoms with van der Waals surface area (Å²) in [7, 11) is -4.01. The molecule has 45 heavy (non-hydrogen) atoms. The zero-order chi connectivity index (χ0) is 32.7. The van der Waals surface area contributed by atoms with Crippen LogP contribution in [0.25, 0.3) is 5.65 Å². The second-order valence-corrected chi connectivity index (χ2v) is 14.5. The smallest absolute Gasteiger partial charge is 0.452 e. The number of hydrogen-bond acceptors (Lipinski definition) is 7. The van der Waals surface area contributed by atoms with Gasteiger partial charge in [0, 0.05) is 24.9 Å². The van der Waals surface area contributed by atoms with E-state index in [1.165, 1.54) is 16.6 Å². The average molecular weight is 644 g/mol.